The molecule has 0 N–H and O–H groups in total. The van der Waals surface area contributed by atoms with Crippen molar-refractivity contribution in [2.24, 2.45) is 0 Å². The van der Waals surface area contributed by atoms with Gasteiger partial charge in [-0.3, -0.25) is 0 Å². The molecule has 0 atom stereocenters. The van der Waals surface area contributed by atoms with Crippen molar-refractivity contribution in [1.82, 2.24) is 0 Å². The lowest BCUT2D eigenvalue weighted by molar-refractivity contribution is -0.120. The van der Waals surface area contributed by atoms with Crippen LogP contribution in [0.2, 0.25) is 0 Å². The van der Waals surface area contributed by atoms with Crippen LogP contribution < -0.4 is 37.8 Å². The van der Waals surface area contributed by atoms with Gasteiger partial charge >= 0.3 is 0 Å². The molecule has 0 aromatic heterocycles. The van der Waals surface area contributed by atoms with Gasteiger partial charge in [0.15, 0.2) is 6.29 Å². The number of rotatable bonds is 13. The van der Waals surface area contributed by atoms with E-state index in [1.165, 1.54) is 37.8 Å². The Hall–Kier alpha value is -5.05. The zero-order valence-corrected chi connectivity index (χ0v) is 31.1. The van der Waals surface area contributed by atoms with Crippen LogP contribution in [0.5, 0.6) is 0 Å². The zero-order valence-electron chi connectivity index (χ0n) is 30.2. The maximum atomic E-state index is 6.01. The summed E-state index contributed by atoms with van der Waals surface area (Å²) in [4.78, 5) is 0. The summed E-state index contributed by atoms with van der Waals surface area (Å²) in [7, 11) is -1.92. The molecule has 260 valence electrons. The predicted molar refractivity (Wildman–Crippen MR) is 227 cm³/mol. The first-order valence-electron chi connectivity index (χ1n) is 18.4. The summed E-state index contributed by atoms with van der Waals surface area (Å²) >= 11 is 0. The van der Waals surface area contributed by atoms with Gasteiger partial charge in [0.2, 0.25) is 0 Å². The van der Waals surface area contributed by atoms with Crippen molar-refractivity contribution in [1.29, 1.82) is 0 Å². The van der Waals surface area contributed by atoms with E-state index in [-0.39, 0.29) is 6.29 Å². The molecule has 0 bridgehead atoms. The molecule has 4 heteroatoms. The molecular formula is C48H48BO2P. The van der Waals surface area contributed by atoms with Crippen molar-refractivity contribution in [3.05, 3.63) is 212 Å². The molecule has 7 aromatic carbocycles. The fourth-order valence-corrected chi connectivity index (χ4v) is 11.9. The molecule has 0 spiro atoms. The topological polar surface area (TPSA) is 18.5 Å². The summed E-state index contributed by atoms with van der Waals surface area (Å²) in [6.07, 6.45) is -0.617. The lowest BCUT2D eigenvalue weighted by Gasteiger charge is -2.44. The second kappa shape index (κ2) is 18.4. The van der Waals surface area contributed by atoms with E-state index >= 15 is 0 Å². The molecule has 0 saturated heterocycles. The van der Waals surface area contributed by atoms with Gasteiger partial charge in [-0.1, -0.05) is 176 Å². The maximum absolute atomic E-state index is 6.01. The minimum Gasteiger partial charge on any atom is -0.349 e. The van der Waals surface area contributed by atoms with E-state index in [0.29, 0.717) is 13.2 Å². The molecular weight excluding hydrogens is 650 g/mol. The highest BCUT2D eigenvalue weighted by atomic mass is 31.2. The van der Waals surface area contributed by atoms with Crippen LogP contribution in [0.25, 0.3) is 0 Å². The van der Waals surface area contributed by atoms with E-state index in [2.05, 4.69) is 212 Å². The molecule has 0 unspecified atom stereocenters. The van der Waals surface area contributed by atoms with Gasteiger partial charge in [0.05, 0.1) is 0 Å². The minimum atomic E-state index is -1.92. The van der Waals surface area contributed by atoms with Crippen molar-refractivity contribution in [2.45, 2.75) is 20.1 Å². The quantitative estimate of drug-likeness (QED) is 0.0709. The molecule has 0 fully saturated rings. The third kappa shape index (κ3) is 8.04. The first-order chi connectivity index (χ1) is 25.7. The summed E-state index contributed by atoms with van der Waals surface area (Å²) in [5.41, 5.74) is 5.36. The average molecular weight is 699 g/mol. The first kappa shape index (κ1) is 36.7. The molecule has 0 saturated carbocycles. The number of benzene rings is 7. The van der Waals surface area contributed by atoms with Crippen molar-refractivity contribution in [3.8, 4) is 0 Å². The summed E-state index contributed by atoms with van der Waals surface area (Å²) in [5, 5.41) is 4.06. The number of ether oxygens (including phenoxy) is 2. The summed E-state index contributed by atoms with van der Waals surface area (Å²) in [6, 6.07) is 76.1. The highest BCUT2D eigenvalue weighted by molar-refractivity contribution is 7.95. The van der Waals surface area contributed by atoms with E-state index in [0.717, 1.165) is 6.16 Å². The van der Waals surface area contributed by atoms with Crippen LogP contribution >= 0.6 is 7.26 Å². The Morgan fingerprint density at radius 1 is 0.365 bits per heavy atom. The molecule has 0 aliphatic rings. The molecule has 7 aromatic rings. The van der Waals surface area contributed by atoms with Gasteiger partial charge in [0, 0.05) is 13.2 Å². The Labute approximate surface area is 311 Å². The van der Waals surface area contributed by atoms with Crippen molar-refractivity contribution in [2.75, 3.05) is 19.4 Å². The molecule has 0 amide bonds. The molecule has 7 rings (SSSR count). The average Bonchev–Trinajstić information content (AvgIpc) is 3.23. The van der Waals surface area contributed by atoms with E-state index < -0.39 is 13.4 Å². The van der Waals surface area contributed by atoms with Gasteiger partial charge in [-0.25, -0.2) is 0 Å². The van der Waals surface area contributed by atoms with Gasteiger partial charge in [-0.2, -0.15) is 21.9 Å². The first-order valence-corrected chi connectivity index (χ1v) is 20.4. The van der Waals surface area contributed by atoms with Gasteiger partial charge in [0.1, 0.15) is 35.5 Å². The van der Waals surface area contributed by atoms with Gasteiger partial charge < -0.3 is 9.47 Å². The van der Waals surface area contributed by atoms with Crippen LogP contribution in [0.1, 0.15) is 13.8 Å². The van der Waals surface area contributed by atoms with Gasteiger partial charge in [0.25, 0.3) is 0 Å². The number of hydrogen-bond acceptors (Lipinski definition) is 2. The Morgan fingerprint density at radius 2 is 0.596 bits per heavy atom. The molecule has 0 aliphatic carbocycles. The Morgan fingerprint density at radius 3 is 0.827 bits per heavy atom. The lowest BCUT2D eigenvalue weighted by atomic mass is 9.13. The van der Waals surface area contributed by atoms with Crippen LogP contribution in [-0.4, -0.2) is 31.8 Å². The third-order valence-electron chi connectivity index (χ3n) is 9.92. The fourth-order valence-electron chi connectivity index (χ4n) is 7.68. The van der Waals surface area contributed by atoms with Crippen molar-refractivity contribution >= 4 is 51.2 Å². The second-order valence-electron chi connectivity index (χ2n) is 12.8. The van der Waals surface area contributed by atoms with Crippen LogP contribution in [0.15, 0.2) is 212 Å². The van der Waals surface area contributed by atoms with E-state index in [9.17, 15) is 0 Å². The highest BCUT2D eigenvalue weighted by Gasteiger charge is 2.47. The standard InChI is InChI=1S/C24H20B.C24H28O2P/c1-5-13-21(14-6-1)25(22-15-7-2-8-16-22,23-17-9-3-10-18-23)24-19-11-4-12-20-24;1-3-25-24(26-4-2)20-27(21-14-8-5-9-15-21,22-16-10-6-11-17-22)23-18-12-7-13-19-23/h1-20H;5-19,24H,3-4,20H2,1-2H3/q-1;+1. The monoisotopic (exact) mass is 698 g/mol. The van der Waals surface area contributed by atoms with Gasteiger partial charge in [-0.15, -0.1) is 0 Å². The summed E-state index contributed by atoms with van der Waals surface area (Å²) < 4.78 is 12.0. The normalized spacial score (nSPS) is 11.4. The lowest BCUT2D eigenvalue weighted by Crippen LogP contribution is -2.74. The molecule has 0 radical (unpaired) electrons. The fraction of sp³-hybridized carbons (Fsp3) is 0.125. The van der Waals surface area contributed by atoms with E-state index in [4.69, 9.17) is 9.47 Å². The third-order valence-corrected chi connectivity index (χ3v) is 14.3. The largest absolute Gasteiger partial charge is 0.349 e. The molecule has 2 nitrogen and oxygen atoms in total. The Kier molecular flexibility index (Phi) is 13.0. The van der Waals surface area contributed by atoms with Crippen LogP contribution in [0.3, 0.4) is 0 Å². The SMILES string of the molecule is CCOC(C[P+](c1ccccc1)(c1ccccc1)c1ccccc1)OCC.c1ccc([B-](c2ccccc2)(c2ccccc2)c2ccccc2)cc1. The van der Waals surface area contributed by atoms with Crippen molar-refractivity contribution in [3.63, 3.8) is 0 Å². The van der Waals surface area contributed by atoms with Crippen LogP contribution in [0, 0.1) is 0 Å². The Balaban J connectivity index is 0.000000179. The zero-order chi connectivity index (χ0) is 35.9. The molecule has 0 heterocycles. The number of hydrogen-bond donors (Lipinski definition) is 0. The van der Waals surface area contributed by atoms with E-state index in [1.54, 1.807) is 0 Å². The van der Waals surface area contributed by atoms with Crippen LogP contribution in [-0.2, 0) is 9.47 Å². The smallest absolute Gasteiger partial charge is 0.192 e. The predicted octanol–water partition coefficient (Wildman–Crippen LogP) is 7.44. The van der Waals surface area contributed by atoms with Crippen LogP contribution in [0.4, 0.5) is 0 Å². The maximum Gasteiger partial charge on any atom is 0.192 e. The minimum absolute atomic E-state index is 0.228. The van der Waals surface area contributed by atoms with E-state index in [1.807, 2.05) is 13.8 Å². The van der Waals surface area contributed by atoms with Gasteiger partial charge in [-0.05, 0) is 50.2 Å². The molecule has 52 heavy (non-hydrogen) atoms. The summed E-state index contributed by atoms with van der Waals surface area (Å²) in [5.74, 6) is 0. The Bertz CT molecular complexity index is 1750. The second-order valence-corrected chi connectivity index (χ2v) is 16.4. The molecule has 0 aliphatic heterocycles. The highest BCUT2D eigenvalue weighted by Crippen LogP contribution is 2.56. The van der Waals surface area contributed by atoms with Crippen molar-refractivity contribution < 1.29 is 9.47 Å². The summed E-state index contributed by atoms with van der Waals surface area (Å²) in [6.45, 7) is 5.34.